The van der Waals surface area contributed by atoms with Crippen LogP contribution in [0.4, 0.5) is 0 Å². The van der Waals surface area contributed by atoms with Gasteiger partial charge in [0.05, 0.1) is 29.9 Å². The maximum atomic E-state index is 13.0. The molecule has 2 aliphatic rings. The Morgan fingerprint density at radius 1 is 1.22 bits per heavy atom. The summed E-state index contributed by atoms with van der Waals surface area (Å²) in [5.41, 5.74) is 3.58. The predicted octanol–water partition coefficient (Wildman–Crippen LogP) is 2.79. The largest absolute Gasteiger partial charge is 0.380 e. The number of halogens is 1. The molecule has 1 aromatic carbocycles. The number of nitrogens with one attached hydrogen (secondary N) is 1. The first kappa shape index (κ1) is 25.6. The minimum atomic E-state index is -1.91. The third-order valence-electron chi connectivity index (χ3n) is 6.51. The topological polar surface area (TPSA) is 127 Å². The first-order chi connectivity index (χ1) is 17.4. The van der Waals surface area contributed by atoms with Gasteiger partial charge in [-0.3, -0.25) is 14.6 Å². The number of nitrogens with zero attached hydrogens (tertiary/aromatic N) is 3. The molecule has 1 saturated heterocycles. The molecule has 8 nitrogen and oxygen atoms in total. The highest BCUT2D eigenvalue weighted by Gasteiger charge is 2.39. The third-order valence-corrected chi connectivity index (χ3v) is 6.77. The lowest BCUT2D eigenvalue weighted by molar-refractivity contribution is -0.153. The molecule has 4 rings (SSSR count). The fourth-order valence-corrected chi connectivity index (χ4v) is 4.86. The average molecular weight is 507 g/mol. The van der Waals surface area contributed by atoms with Crippen LogP contribution in [-0.2, 0) is 16.1 Å². The van der Waals surface area contributed by atoms with Crippen LogP contribution in [0.1, 0.15) is 36.9 Å². The van der Waals surface area contributed by atoms with E-state index in [1.165, 1.54) is 4.90 Å². The van der Waals surface area contributed by atoms with Gasteiger partial charge in [0.25, 0.3) is 11.8 Å². The van der Waals surface area contributed by atoms with E-state index in [9.17, 15) is 25.1 Å². The molecule has 2 aromatic rings. The van der Waals surface area contributed by atoms with Crippen molar-refractivity contribution in [3.63, 3.8) is 0 Å². The molecule has 186 valence electrons. The number of hydrogen-bond acceptors (Lipinski definition) is 6. The van der Waals surface area contributed by atoms with Gasteiger partial charge >= 0.3 is 0 Å². The van der Waals surface area contributed by atoms with Crippen molar-refractivity contribution in [1.82, 2.24) is 15.2 Å². The second kappa shape index (κ2) is 11.5. The molecule has 3 atom stereocenters. The zero-order valence-electron chi connectivity index (χ0n) is 19.6. The lowest BCUT2D eigenvalue weighted by atomic mass is 9.95. The molecule has 0 radical (unpaired) electrons. The number of pyridine rings is 1. The summed E-state index contributed by atoms with van der Waals surface area (Å²) in [6.07, 6.45) is 4.66. The van der Waals surface area contributed by atoms with Crippen molar-refractivity contribution < 1.29 is 19.8 Å². The number of benzene rings is 1. The molecular formula is C27H27ClN4O4. The molecule has 1 aromatic heterocycles. The van der Waals surface area contributed by atoms with E-state index in [1.807, 2.05) is 24.3 Å². The summed E-state index contributed by atoms with van der Waals surface area (Å²) in [5, 5.41) is 33.3. The van der Waals surface area contributed by atoms with Gasteiger partial charge in [0.1, 0.15) is 0 Å². The van der Waals surface area contributed by atoms with E-state index in [-0.39, 0.29) is 12.6 Å². The predicted molar refractivity (Wildman–Crippen MR) is 134 cm³/mol. The number of nitriles is 1. The quantitative estimate of drug-likeness (QED) is 0.530. The fraction of sp³-hybridized carbons (Fsp3) is 0.333. The molecule has 1 aliphatic heterocycles. The standard InChI is InChI=1S/C27H27ClN4O4/c28-20-7-3-6-17(13-20)23-9-4-12-32(23)27(36)25(34)24(33)26(35)31-16-21-11-10-19(15-30-21)22-8-2-1-5-18(22)14-29/h1-2,5,7-8,10-11,13,15,23-25,33-34H,3-4,6,9,12,16H2,(H,31,35)/t23?,24-,25-/m1/s1. The van der Waals surface area contributed by atoms with E-state index in [2.05, 4.69) is 16.4 Å². The summed E-state index contributed by atoms with van der Waals surface area (Å²) in [5.74, 6) is -1.54. The molecule has 0 bridgehead atoms. The van der Waals surface area contributed by atoms with Gasteiger partial charge in [-0.05, 0) is 49.5 Å². The van der Waals surface area contributed by atoms with Crippen LogP contribution in [0.5, 0.6) is 0 Å². The zero-order valence-corrected chi connectivity index (χ0v) is 20.4. The second-order valence-corrected chi connectivity index (χ2v) is 9.28. The summed E-state index contributed by atoms with van der Waals surface area (Å²) < 4.78 is 0. The SMILES string of the molecule is N#Cc1ccccc1-c1ccc(CNC(=O)[C@H](O)[C@@H](O)C(=O)N2CCCC2C2=CC(Cl)=CCC2)nc1. The highest BCUT2D eigenvalue weighted by atomic mass is 35.5. The van der Waals surface area contributed by atoms with Crippen LogP contribution in [0.2, 0.25) is 0 Å². The third kappa shape index (κ3) is 5.65. The van der Waals surface area contributed by atoms with E-state index in [1.54, 1.807) is 30.5 Å². The minimum absolute atomic E-state index is 0.00103. The Balaban J connectivity index is 1.34. The van der Waals surface area contributed by atoms with Crippen LogP contribution in [0.3, 0.4) is 0 Å². The van der Waals surface area contributed by atoms with E-state index in [0.717, 1.165) is 42.4 Å². The van der Waals surface area contributed by atoms with E-state index < -0.39 is 24.0 Å². The minimum Gasteiger partial charge on any atom is -0.380 e. The Hall–Kier alpha value is -3.51. The van der Waals surface area contributed by atoms with Gasteiger partial charge in [-0.1, -0.05) is 41.9 Å². The lowest BCUT2D eigenvalue weighted by Gasteiger charge is -2.30. The Bertz CT molecular complexity index is 1240. The van der Waals surface area contributed by atoms with Crippen molar-refractivity contribution in [2.24, 2.45) is 0 Å². The molecule has 0 saturated carbocycles. The Morgan fingerprint density at radius 3 is 2.75 bits per heavy atom. The van der Waals surface area contributed by atoms with Gasteiger partial charge in [0.15, 0.2) is 12.2 Å². The maximum Gasteiger partial charge on any atom is 0.255 e. The van der Waals surface area contributed by atoms with Crippen LogP contribution in [-0.4, -0.2) is 56.7 Å². The van der Waals surface area contributed by atoms with E-state index in [4.69, 9.17) is 11.6 Å². The van der Waals surface area contributed by atoms with E-state index in [0.29, 0.717) is 22.8 Å². The second-order valence-electron chi connectivity index (χ2n) is 8.84. The molecule has 1 aliphatic carbocycles. The maximum absolute atomic E-state index is 13.0. The van der Waals surface area contributed by atoms with Crippen LogP contribution in [0.15, 0.2) is 65.4 Å². The Kier molecular flexibility index (Phi) is 8.16. The van der Waals surface area contributed by atoms with Crippen molar-refractivity contribution in [1.29, 1.82) is 5.26 Å². The lowest BCUT2D eigenvalue weighted by Crippen LogP contribution is -2.52. The van der Waals surface area contributed by atoms with Crippen molar-refractivity contribution in [3.05, 3.63) is 76.6 Å². The summed E-state index contributed by atoms with van der Waals surface area (Å²) in [6.45, 7) is 0.444. The molecule has 3 N–H and O–H groups in total. The molecule has 9 heteroatoms. The molecule has 1 unspecified atom stereocenters. The number of aliphatic hydroxyl groups is 2. The van der Waals surface area contributed by atoms with Crippen molar-refractivity contribution >= 4 is 23.4 Å². The van der Waals surface area contributed by atoms with Crippen LogP contribution >= 0.6 is 11.6 Å². The first-order valence-corrected chi connectivity index (χ1v) is 12.2. The molecule has 1 fully saturated rings. The molecule has 2 amide bonds. The van der Waals surface area contributed by atoms with Crippen molar-refractivity contribution in [3.8, 4) is 17.2 Å². The number of likely N-dealkylation sites (tertiary alicyclic amines) is 1. The normalized spacial score (nSPS) is 19.1. The van der Waals surface area contributed by atoms with Crippen molar-refractivity contribution in [2.75, 3.05) is 6.54 Å². The molecular weight excluding hydrogens is 480 g/mol. The summed E-state index contributed by atoms with van der Waals surface area (Å²) in [7, 11) is 0. The highest BCUT2D eigenvalue weighted by molar-refractivity contribution is 6.31. The first-order valence-electron chi connectivity index (χ1n) is 11.8. The van der Waals surface area contributed by atoms with Gasteiger partial charge in [0.2, 0.25) is 0 Å². The monoisotopic (exact) mass is 506 g/mol. The number of allylic oxidation sites excluding steroid dienone is 3. The average Bonchev–Trinajstić information content (AvgIpc) is 3.41. The highest BCUT2D eigenvalue weighted by Crippen LogP contribution is 2.31. The number of carbonyl (C=O) groups excluding carboxylic acids is 2. The molecule has 0 spiro atoms. The van der Waals surface area contributed by atoms with Gasteiger partial charge < -0.3 is 20.4 Å². The number of carbonyl (C=O) groups is 2. The number of hydrogen-bond donors (Lipinski definition) is 3. The fourth-order valence-electron chi connectivity index (χ4n) is 4.62. The smallest absolute Gasteiger partial charge is 0.255 e. The number of aromatic nitrogens is 1. The number of aliphatic hydroxyl groups excluding tert-OH is 2. The summed E-state index contributed by atoms with van der Waals surface area (Å²) in [4.78, 5) is 31.3. The van der Waals surface area contributed by atoms with E-state index >= 15 is 0 Å². The number of amides is 2. The Labute approximate surface area is 214 Å². The zero-order chi connectivity index (χ0) is 25.7. The van der Waals surface area contributed by atoms with Crippen LogP contribution in [0, 0.1) is 11.3 Å². The van der Waals surface area contributed by atoms with Gasteiger partial charge in [0, 0.05) is 28.9 Å². The van der Waals surface area contributed by atoms with Gasteiger partial charge in [-0.15, -0.1) is 0 Å². The number of rotatable bonds is 7. The van der Waals surface area contributed by atoms with Crippen LogP contribution in [0.25, 0.3) is 11.1 Å². The van der Waals surface area contributed by atoms with Gasteiger partial charge in [-0.2, -0.15) is 5.26 Å². The van der Waals surface area contributed by atoms with Crippen molar-refractivity contribution in [2.45, 2.75) is 50.5 Å². The summed E-state index contributed by atoms with van der Waals surface area (Å²) >= 11 is 6.13. The van der Waals surface area contributed by atoms with Gasteiger partial charge in [-0.25, -0.2) is 0 Å². The molecule has 2 heterocycles. The Morgan fingerprint density at radius 2 is 2.03 bits per heavy atom. The summed E-state index contributed by atoms with van der Waals surface area (Å²) in [6, 6.07) is 12.6. The van der Waals surface area contributed by atoms with Crippen LogP contribution < -0.4 is 5.32 Å². The molecule has 36 heavy (non-hydrogen) atoms.